The Morgan fingerprint density at radius 3 is 2.41 bits per heavy atom. The van der Waals surface area contributed by atoms with Crippen LogP contribution in [0.3, 0.4) is 0 Å². The van der Waals surface area contributed by atoms with E-state index in [2.05, 4.69) is 11.8 Å². The van der Waals surface area contributed by atoms with Crippen LogP contribution in [0.25, 0.3) is 0 Å². The van der Waals surface area contributed by atoms with Gasteiger partial charge in [-0.3, -0.25) is 4.18 Å². The van der Waals surface area contributed by atoms with Crippen molar-refractivity contribution < 1.29 is 41.0 Å². The summed E-state index contributed by atoms with van der Waals surface area (Å²) in [6.07, 6.45) is -0.618. The molecule has 0 radical (unpaired) electrons. The first-order valence-corrected chi connectivity index (χ1v) is 13.7. The summed E-state index contributed by atoms with van der Waals surface area (Å²) >= 11 is 0. The van der Waals surface area contributed by atoms with E-state index >= 15 is 0 Å². The number of fused-ring (bicyclic) bond motifs is 1. The number of hydrogen-bond donors (Lipinski definition) is 0. The van der Waals surface area contributed by atoms with Crippen LogP contribution in [0.2, 0.25) is 0 Å². The van der Waals surface area contributed by atoms with Gasteiger partial charge in [-0.25, -0.2) is 0 Å². The first kappa shape index (κ1) is 27.5. The maximum atomic E-state index is 11.2. The van der Waals surface area contributed by atoms with Crippen LogP contribution < -0.4 is 4.74 Å². The molecule has 5 atom stereocenters. The van der Waals surface area contributed by atoms with Gasteiger partial charge in [-0.1, -0.05) is 54.3 Å². The molecule has 10 heteroatoms. The first-order chi connectivity index (χ1) is 17.8. The van der Waals surface area contributed by atoms with Crippen LogP contribution in [0.15, 0.2) is 54.6 Å². The quantitative estimate of drug-likeness (QED) is 0.338. The molecule has 2 aliphatic heterocycles. The second-order valence-corrected chi connectivity index (χ2v) is 10.5. The van der Waals surface area contributed by atoms with Gasteiger partial charge in [0.05, 0.1) is 32.7 Å². The largest absolute Gasteiger partial charge is 0.497 e. The van der Waals surface area contributed by atoms with E-state index in [1.807, 2.05) is 54.6 Å². The highest BCUT2D eigenvalue weighted by Crippen LogP contribution is 2.45. The molecule has 9 nitrogen and oxygen atoms in total. The Labute approximate surface area is 218 Å². The molecule has 0 aromatic heterocycles. The van der Waals surface area contributed by atoms with E-state index in [0.29, 0.717) is 26.1 Å². The lowest BCUT2D eigenvalue weighted by Gasteiger charge is -2.45. The molecule has 0 saturated carbocycles. The lowest BCUT2D eigenvalue weighted by molar-refractivity contribution is -0.303. The number of ether oxygens (including phenoxy) is 6. The van der Waals surface area contributed by atoms with E-state index in [1.165, 1.54) is 0 Å². The lowest BCUT2D eigenvalue weighted by Crippen LogP contribution is -2.59. The Hall–Kier alpha value is -2.49. The molecule has 2 aromatic carbocycles. The second kappa shape index (κ2) is 12.4. The summed E-state index contributed by atoms with van der Waals surface area (Å²) in [6, 6.07) is 17.5. The molecule has 37 heavy (non-hydrogen) atoms. The van der Waals surface area contributed by atoms with Crippen molar-refractivity contribution in [1.82, 2.24) is 0 Å². The third kappa shape index (κ3) is 7.30. The average molecular weight is 533 g/mol. The zero-order valence-electron chi connectivity index (χ0n) is 21.1. The monoisotopic (exact) mass is 532 g/mol. The van der Waals surface area contributed by atoms with Gasteiger partial charge >= 0.3 is 0 Å². The van der Waals surface area contributed by atoms with Crippen LogP contribution in [0.4, 0.5) is 0 Å². The average Bonchev–Trinajstić information content (AvgIpc) is 3.28. The summed E-state index contributed by atoms with van der Waals surface area (Å²) < 4.78 is 63.2. The zero-order chi connectivity index (χ0) is 26.3. The molecule has 2 fully saturated rings. The van der Waals surface area contributed by atoms with Crippen LogP contribution >= 0.6 is 0 Å². The number of benzene rings is 2. The van der Waals surface area contributed by atoms with Gasteiger partial charge < -0.3 is 28.4 Å². The molecule has 0 bridgehead atoms. The van der Waals surface area contributed by atoms with Crippen molar-refractivity contribution in [2.75, 3.05) is 27.1 Å². The van der Waals surface area contributed by atoms with Gasteiger partial charge in [-0.2, -0.15) is 8.42 Å². The summed E-state index contributed by atoms with van der Waals surface area (Å²) in [6.45, 7) is 0.395. The van der Waals surface area contributed by atoms with Crippen molar-refractivity contribution in [1.29, 1.82) is 0 Å². The maximum absolute atomic E-state index is 11.2. The highest BCUT2D eigenvalue weighted by molar-refractivity contribution is 7.86. The van der Waals surface area contributed by atoms with Gasteiger partial charge in [0.15, 0.2) is 18.2 Å². The highest BCUT2D eigenvalue weighted by atomic mass is 32.2. The summed E-state index contributed by atoms with van der Waals surface area (Å²) in [5, 5.41) is 0. The number of methoxy groups -OCH3 is 2. The molecule has 2 heterocycles. The first-order valence-electron chi connectivity index (χ1n) is 11.9. The van der Waals surface area contributed by atoms with Crippen molar-refractivity contribution in [3.05, 3.63) is 65.7 Å². The third-order valence-corrected chi connectivity index (χ3v) is 6.80. The summed E-state index contributed by atoms with van der Waals surface area (Å²) in [5.41, 5.74) is 1.03. The van der Waals surface area contributed by atoms with E-state index in [9.17, 15) is 8.42 Å². The smallest absolute Gasteiger partial charge is 0.265 e. The molecule has 2 aliphatic rings. The number of hydrogen-bond acceptors (Lipinski definition) is 9. The van der Waals surface area contributed by atoms with E-state index < -0.39 is 40.5 Å². The molecule has 1 unspecified atom stereocenters. The van der Waals surface area contributed by atoms with Crippen LogP contribution in [0.1, 0.15) is 24.0 Å². The van der Waals surface area contributed by atoms with Gasteiger partial charge in [-0.15, -0.1) is 0 Å². The van der Waals surface area contributed by atoms with Crippen molar-refractivity contribution in [2.24, 2.45) is 0 Å². The predicted octanol–water partition coefficient (Wildman–Crippen LogP) is 3.02. The SMILES string of the molecule is COc1ccc(CO[C@H]2C[C@@H](C#CCOS(C)(=O)=O)O[C@@H]3OC(OC)C[C@@]32OCc2ccccc2)cc1. The van der Waals surface area contributed by atoms with Gasteiger partial charge in [0.2, 0.25) is 0 Å². The van der Waals surface area contributed by atoms with E-state index in [4.69, 9.17) is 32.6 Å². The van der Waals surface area contributed by atoms with E-state index in [0.717, 1.165) is 23.1 Å². The van der Waals surface area contributed by atoms with Gasteiger partial charge in [0, 0.05) is 20.0 Å². The second-order valence-electron chi connectivity index (χ2n) is 8.86. The van der Waals surface area contributed by atoms with Crippen molar-refractivity contribution in [2.45, 2.75) is 56.4 Å². The van der Waals surface area contributed by atoms with Crippen molar-refractivity contribution in [3.8, 4) is 17.6 Å². The summed E-state index contributed by atoms with van der Waals surface area (Å²) in [4.78, 5) is 0. The Morgan fingerprint density at radius 2 is 1.73 bits per heavy atom. The molecule has 4 rings (SSSR count). The number of rotatable bonds is 10. The van der Waals surface area contributed by atoms with Crippen LogP contribution in [-0.2, 0) is 51.2 Å². The minimum Gasteiger partial charge on any atom is -0.497 e. The fraction of sp³-hybridized carbons (Fsp3) is 0.481. The molecule has 0 N–H and O–H groups in total. The van der Waals surface area contributed by atoms with Crippen LogP contribution in [0.5, 0.6) is 5.75 Å². The molecule has 2 aromatic rings. The molecule has 0 amide bonds. The standard InChI is InChI=1S/C27H32O9S/c1-30-22-13-11-21(12-14-22)18-32-24-16-23(10-7-15-34-37(3,28)29)35-26-27(24,17-25(31-2)36-26)33-19-20-8-5-4-6-9-20/h4-6,8-9,11-14,23-26H,15-19H2,1-3H3/t23-,24+,25?,26-,27+/m1/s1. The maximum Gasteiger partial charge on any atom is 0.265 e. The predicted molar refractivity (Wildman–Crippen MR) is 134 cm³/mol. The lowest BCUT2D eigenvalue weighted by atomic mass is 9.86. The van der Waals surface area contributed by atoms with E-state index in [1.54, 1.807) is 14.2 Å². The van der Waals surface area contributed by atoms with Gasteiger partial charge in [0.25, 0.3) is 10.1 Å². The summed E-state index contributed by atoms with van der Waals surface area (Å²) in [5.74, 6) is 6.42. The fourth-order valence-corrected chi connectivity index (χ4v) is 4.62. The zero-order valence-corrected chi connectivity index (χ0v) is 21.9. The molecule has 200 valence electrons. The minimum absolute atomic E-state index is 0.266. The Bertz CT molecular complexity index is 1170. The van der Waals surface area contributed by atoms with Crippen molar-refractivity contribution in [3.63, 3.8) is 0 Å². The normalized spacial score (nSPS) is 27.2. The molecular weight excluding hydrogens is 500 g/mol. The Balaban J connectivity index is 1.56. The topological polar surface area (TPSA) is 98.8 Å². The molecule has 0 spiro atoms. The highest BCUT2D eigenvalue weighted by Gasteiger charge is 2.60. The van der Waals surface area contributed by atoms with Crippen LogP contribution in [-0.4, -0.2) is 65.9 Å². The van der Waals surface area contributed by atoms with Crippen LogP contribution in [0, 0.1) is 11.8 Å². The van der Waals surface area contributed by atoms with Gasteiger partial charge in [0.1, 0.15) is 18.5 Å². The third-order valence-electron chi connectivity index (χ3n) is 6.25. The Kier molecular flexibility index (Phi) is 9.21. The van der Waals surface area contributed by atoms with E-state index in [-0.39, 0.29) is 6.61 Å². The molecule has 0 aliphatic carbocycles. The minimum atomic E-state index is -3.59. The Morgan fingerprint density at radius 1 is 1.00 bits per heavy atom. The van der Waals surface area contributed by atoms with Gasteiger partial charge in [-0.05, 0) is 23.3 Å². The summed E-state index contributed by atoms with van der Waals surface area (Å²) in [7, 11) is -0.398. The molecule has 2 saturated heterocycles. The molecular formula is C27H32O9S. The fourth-order valence-electron chi connectivity index (χ4n) is 4.35. The van der Waals surface area contributed by atoms with Crippen molar-refractivity contribution >= 4 is 10.1 Å².